The van der Waals surface area contributed by atoms with Gasteiger partial charge in [0.05, 0.1) is 0 Å². The second-order valence-corrected chi connectivity index (χ2v) is 5.34. The third-order valence-corrected chi connectivity index (χ3v) is 3.05. The second kappa shape index (κ2) is 5.76. The third kappa shape index (κ3) is 3.62. The van der Waals surface area contributed by atoms with Gasteiger partial charge in [-0.05, 0) is 19.8 Å². The first-order chi connectivity index (χ1) is 9.73. The van der Waals surface area contributed by atoms with E-state index in [1.807, 2.05) is 0 Å². The summed E-state index contributed by atoms with van der Waals surface area (Å²) in [6, 6.07) is 0.283. The summed E-state index contributed by atoms with van der Waals surface area (Å²) >= 11 is 0. The molecule has 0 saturated heterocycles. The average molecular weight is 311 g/mol. The standard InChI is InChI=1S/C13H14F5NO2/c1-13(20,4-19-6-2-3-6)5-21-12-10(17)8(15)7(14)9(16)11(12)18/h6,19-20H,2-5H2,1H3. The number of hydrogen-bond donors (Lipinski definition) is 2. The van der Waals surface area contributed by atoms with E-state index in [9.17, 15) is 27.1 Å². The van der Waals surface area contributed by atoms with Crippen LogP contribution in [0.15, 0.2) is 0 Å². The number of ether oxygens (including phenoxy) is 1. The summed E-state index contributed by atoms with van der Waals surface area (Å²) in [5.74, 6) is -11.9. The van der Waals surface area contributed by atoms with E-state index in [4.69, 9.17) is 0 Å². The van der Waals surface area contributed by atoms with Crippen LogP contribution < -0.4 is 10.1 Å². The fourth-order valence-electron chi connectivity index (χ4n) is 1.64. The lowest BCUT2D eigenvalue weighted by Gasteiger charge is -2.24. The normalized spacial score (nSPS) is 17.7. The van der Waals surface area contributed by atoms with Gasteiger partial charge in [0.15, 0.2) is 5.75 Å². The van der Waals surface area contributed by atoms with Crippen LogP contribution in [0.25, 0.3) is 0 Å². The van der Waals surface area contributed by atoms with Crippen LogP contribution in [0.2, 0.25) is 0 Å². The minimum absolute atomic E-state index is 0.0765. The SMILES string of the molecule is CC(O)(CNC1CC1)COc1c(F)c(F)c(F)c(F)c1F. The van der Waals surface area contributed by atoms with Gasteiger partial charge in [0.1, 0.15) is 12.2 Å². The fourth-order valence-corrected chi connectivity index (χ4v) is 1.64. The van der Waals surface area contributed by atoms with E-state index in [2.05, 4.69) is 10.1 Å². The van der Waals surface area contributed by atoms with Crippen molar-refractivity contribution in [3.05, 3.63) is 29.1 Å². The highest BCUT2D eigenvalue weighted by atomic mass is 19.2. The first-order valence-electron chi connectivity index (χ1n) is 6.33. The number of aliphatic hydroxyl groups is 1. The molecule has 1 aromatic rings. The number of benzene rings is 1. The van der Waals surface area contributed by atoms with Crippen molar-refractivity contribution >= 4 is 0 Å². The number of rotatable bonds is 6. The Morgan fingerprint density at radius 3 is 2.00 bits per heavy atom. The predicted molar refractivity (Wildman–Crippen MR) is 63.4 cm³/mol. The molecule has 2 rings (SSSR count). The van der Waals surface area contributed by atoms with Gasteiger partial charge in [-0.1, -0.05) is 0 Å². The minimum Gasteiger partial charge on any atom is -0.484 e. The molecule has 0 heterocycles. The van der Waals surface area contributed by atoms with Gasteiger partial charge >= 0.3 is 0 Å². The highest BCUT2D eigenvalue weighted by Gasteiger charge is 2.31. The molecule has 0 aliphatic heterocycles. The van der Waals surface area contributed by atoms with Crippen LogP contribution in [0.4, 0.5) is 22.0 Å². The van der Waals surface area contributed by atoms with Crippen LogP contribution in [0.5, 0.6) is 5.75 Å². The molecule has 0 aromatic heterocycles. The summed E-state index contributed by atoms with van der Waals surface area (Å²) in [5, 5.41) is 12.9. The molecule has 1 aliphatic carbocycles. The molecule has 2 N–H and O–H groups in total. The van der Waals surface area contributed by atoms with Gasteiger partial charge in [0, 0.05) is 12.6 Å². The largest absolute Gasteiger partial charge is 0.484 e. The molecule has 8 heteroatoms. The number of hydrogen-bond acceptors (Lipinski definition) is 3. The Hall–Kier alpha value is -1.41. The number of halogens is 5. The molecule has 1 aliphatic rings. The lowest BCUT2D eigenvalue weighted by molar-refractivity contribution is 0.00897. The van der Waals surface area contributed by atoms with Crippen molar-refractivity contribution in [2.45, 2.75) is 31.4 Å². The first kappa shape index (κ1) is 16.0. The summed E-state index contributed by atoms with van der Waals surface area (Å²) in [6.45, 7) is 0.784. The molecule has 1 aromatic carbocycles. The predicted octanol–water partition coefficient (Wildman–Crippen LogP) is 2.26. The van der Waals surface area contributed by atoms with Gasteiger partial charge in [-0.15, -0.1) is 0 Å². The molecule has 21 heavy (non-hydrogen) atoms. The lowest BCUT2D eigenvalue weighted by Crippen LogP contribution is -2.43. The highest BCUT2D eigenvalue weighted by molar-refractivity contribution is 5.29. The molecule has 1 unspecified atom stereocenters. The van der Waals surface area contributed by atoms with Gasteiger partial charge in [0.2, 0.25) is 29.1 Å². The van der Waals surface area contributed by atoms with Crippen LogP contribution in [-0.2, 0) is 0 Å². The van der Waals surface area contributed by atoms with Crippen LogP contribution in [-0.4, -0.2) is 29.9 Å². The lowest BCUT2D eigenvalue weighted by atomic mass is 10.1. The molecule has 0 amide bonds. The van der Waals surface area contributed by atoms with Crippen molar-refractivity contribution in [3.63, 3.8) is 0 Å². The van der Waals surface area contributed by atoms with E-state index in [0.29, 0.717) is 0 Å². The van der Waals surface area contributed by atoms with E-state index >= 15 is 0 Å². The Morgan fingerprint density at radius 2 is 1.52 bits per heavy atom. The average Bonchev–Trinajstić information content (AvgIpc) is 3.25. The monoisotopic (exact) mass is 311 g/mol. The molecule has 0 bridgehead atoms. The Morgan fingerprint density at radius 1 is 1.05 bits per heavy atom. The number of nitrogens with one attached hydrogen (secondary N) is 1. The van der Waals surface area contributed by atoms with Gasteiger partial charge in [-0.25, -0.2) is 13.2 Å². The fraction of sp³-hybridized carbons (Fsp3) is 0.538. The van der Waals surface area contributed by atoms with E-state index in [1.54, 1.807) is 0 Å². The first-order valence-corrected chi connectivity index (χ1v) is 6.33. The van der Waals surface area contributed by atoms with Crippen molar-refractivity contribution in [1.82, 2.24) is 5.32 Å². The topological polar surface area (TPSA) is 41.5 Å². The van der Waals surface area contributed by atoms with Crippen molar-refractivity contribution in [2.75, 3.05) is 13.2 Å². The Bertz CT molecular complexity index is 517. The molecular formula is C13H14F5NO2. The maximum atomic E-state index is 13.4. The van der Waals surface area contributed by atoms with Gasteiger partial charge in [-0.3, -0.25) is 0 Å². The van der Waals surface area contributed by atoms with Gasteiger partial charge in [0.25, 0.3) is 0 Å². The maximum absolute atomic E-state index is 13.4. The Kier molecular flexibility index (Phi) is 4.38. The molecule has 1 atom stereocenters. The maximum Gasteiger partial charge on any atom is 0.206 e. The van der Waals surface area contributed by atoms with E-state index < -0.39 is 47.0 Å². The zero-order valence-corrected chi connectivity index (χ0v) is 11.2. The van der Waals surface area contributed by atoms with Crippen LogP contribution >= 0.6 is 0 Å². The molecule has 118 valence electrons. The Labute approximate surface area is 117 Å². The summed E-state index contributed by atoms with van der Waals surface area (Å²) in [5.41, 5.74) is -1.51. The highest BCUT2D eigenvalue weighted by Crippen LogP contribution is 2.29. The van der Waals surface area contributed by atoms with Crippen LogP contribution in [0.3, 0.4) is 0 Å². The quantitative estimate of drug-likeness (QED) is 0.481. The zero-order valence-electron chi connectivity index (χ0n) is 11.2. The summed E-state index contributed by atoms with van der Waals surface area (Å²) < 4.78 is 70.1. The molecular weight excluding hydrogens is 297 g/mol. The van der Waals surface area contributed by atoms with E-state index in [0.717, 1.165) is 12.8 Å². The van der Waals surface area contributed by atoms with Crippen molar-refractivity contribution in [1.29, 1.82) is 0 Å². The Balaban J connectivity index is 2.08. The summed E-state index contributed by atoms with van der Waals surface area (Å²) in [7, 11) is 0. The van der Waals surface area contributed by atoms with Crippen molar-refractivity contribution < 1.29 is 31.8 Å². The van der Waals surface area contributed by atoms with Gasteiger partial charge in [-0.2, -0.15) is 8.78 Å². The second-order valence-electron chi connectivity index (χ2n) is 5.34. The van der Waals surface area contributed by atoms with Crippen LogP contribution in [0.1, 0.15) is 19.8 Å². The zero-order chi connectivity index (χ0) is 15.8. The van der Waals surface area contributed by atoms with Crippen LogP contribution in [0, 0.1) is 29.1 Å². The summed E-state index contributed by atoms with van der Waals surface area (Å²) in [4.78, 5) is 0. The molecule has 1 saturated carbocycles. The third-order valence-electron chi connectivity index (χ3n) is 3.05. The van der Waals surface area contributed by atoms with E-state index in [1.165, 1.54) is 6.92 Å². The molecule has 1 fully saturated rings. The van der Waals surface area contributed by atoms with E-state index in [-0.39, 0.29) is 12.6 Å². The summed E-state index contributed by atoms with van der Waals surface area (Å²) in [6.07, 6.45) is 1.93. The smallest absolute Gasteiger partial charge is 0.206 e. The van der Waals surface area contributed by atoms with Gasteiger partial charge < -0.3 is 15.2 Å². The molecule has 0 spiro atoms. The minimum atomic E-state index is -2.25. The molecule has 3 nitrogen and oxygen atoms in total. The molecule has 0 radical (unpaired) electrons. The van der Waals surface area contributed by atoms with Crippen molar-refractivity contribution in [3.8, 4) is 5.75 Å². The van der Waals surface area contributed by atoms with Crippen molar-refractivity contribution in [2.24, 2.45) is 0 Å².